The van der Waals surface area contributed by atoms with E-state index in [2.05, 4.69) is 9.97 Å². The number of ether oxygens (including phenoxy) is 2. The van der Waals surface area contributed by atoms with Crippen molar-refractivity contribution in [3.05, 3.63) is 83.9 Å². The summed E-state index contributed by atoms with van der Waals surface area (Å²) in [6.07, 6.45) is 1.94. The van der Waals surface area contributed by atoms with Crippen LogP contribution in [0.1, 0.15) is 21.6 Å². The molecule has 2 aromatic carbocycles. The van der Waals surface area contributed by atoms with Gasteiger partial charge in [0.25, 0.3) is 5.91 Å². The van der Waals surface area contributed by atoms with Crippen LogP contribution in [0.15, 0.2) is 67.1 Å². The van der Waals surface area contributed by atoms with E-state index in [4.69, 9.17) is 15.2 Å². The average Bonchev–Trinajstić information content (AvgIpc) is 3.31. The highest BCUT2D eigenvalue weighted by Crippen LogP contribution is 2.17. The predicted molar refractivity (Wildman–Crippen MR) is 112 cm³/mol. The van der Waals surface area contributed by atoms with Crippen LogP contribution in [-0.2, 0) is 27.3 Å². The molecule has 9 heteroatoms. The van der Waals surface area contributed by atoms with Crippen molar-refractivity contribution in [3.8, 4) is 0 Å². The Labute approximate surface area is 178 Å². The molecule has 1 aromatic heterocycles. The highest BCUT2D eigenvalue weighted by Gasteiger charge is 2.38. The topological polar surface area (TPSA) is 128 Å². The standard InChI is InChI=1S/C22H22N4O5/c1-30-21(28)19(11-18-12-24-14-25-18)26(20(27)16-7-9-17(23)10-8-16)22(29)31-13-15-5-3-2-4-6-15/h2-10,12,14,19H,11,13,23H2,1H3,(H,24,25)/t19-/m0/s1. The molecule has 160 valence electrons. The maximum atomic E-state index is 13.2. The van der Waals surface area contributed by atoms with Crippen LogP contribution in [0.3, 0.4) is 0 Å². The molecule has 9 nitrogen and oxygen atoms in total. The third kappa shape index (κ3) is 5.47. The van der Waals surface area contributed by atoms with Gasteiger partial charge in [-0.05, 0) is 29.8 Å². The molecule has 0 aliphatic rings. The van der Waals surface area contributed by atoms with Crippen LogP contribution >= 0.6 is 0 Å². The van der Waals surface area contributed by atoms with E-state index in [9.17, 15) is 14.4 Å². The third-order valence-electron chi connectivity index (χ3n) is 4.53. The molecule has 0 saturated carbocycles. The molecule has 0 radical (unpaired) electrons. The molecule has 0 unspecified atom stereocenters. The van der Waals surface area contributed by atoms with E-state index in [0.717, 1.165) is 10.5 Å². The monoisotopic (exact) mass is 422 g/mol. The maximum Gasteiger partial charge on any atom is 0.417 e. The van der Waals surface area contributed by atoms with Gasteiger partial charge in [-0.2, -0.15) is 0 Å². The van der Waals surface area contributed by atoms with Gasteiger partial charge in [0.05, 0.1) is 13.4 Å². The van der Waals surface area contributed by atoms with Crippen LogP contribution in [0.2, 0.25) is 0 Å². The highest BCUT2D eigenvalue weighted by molar-refractivity contribution is 6.05. The Bertz CT molecular complexity index is 1020. The summed E-state index contributed by atoms with van der Waals surface area (Å²) in [5, 5.41) is 0. The first-order chi connectivity index (χ1) is 15.0. The number of rotatable bonds is 7. The quantitative estimate of drug-likeness (QED) is 0.442. The summed E-state index contributed by atoms with van der Waals surface area (Å²) in [5.74, 6) is -1.48. The number of hydrogen-bond acceptors (Lipinski definition) is 7. The fraction of sp³-hybridized carbons (Fsp3) is 0.182. The van der Waals surface area contributed by atoms with Crippen LogP contribution in [0.25, 0.3) is 0 Å². The molecule has 0 saturated heterocycles. The number of carbonyl (C=O) groups is 3. The van der Waals surface area contributed by atoms with Gasteiger partial charge >= 0.3 is 12.1 Å². The Morgan fingerprint density at radius 3 is 2.42 bits per heavy atom. The normalized spacial score (nSPS) is 11.4. The van der Waals surface area contributed by atoms with E-state index in [1.807, 2.05) is 6.07 Å². The number of hydrogen-bond donors (Lipinski definition) is 2. The minimum atomic E-state index is -1.27. The number of aromatic amines is 1. The Morgan fingerprint density at radius 1 is 1.10 bits per heavy atom. The molecule has 0 bridgehead atoms. The van der Waals surface area contributed by atoms with Crippen molar-refractivity contribution in [1.82, 2.24) is 14.9 Å². The van der Waals surface area contributed by atoms with E-state index in [-0.39, 0.29) is 18.6 Å². The molecular formula is C22H22N4O5. The number of imidazole rings is 1. The first kappa shape index (κ1) is 21.6. The summed E-state index contributed by atoms with van der Waals surface area (Å²) in [7, 11) is 1.18. The number of nitrogens with zero attached hydrogens (tertiary/aromatic N) is 2. The zero-order valence-corrected chi connectivity index (χ0v) is 16.9. The number of aromatic nitrogens is 2. The smallest absolute Gasteiger partial charge is 0.417 e. The molecule has 2 amide bonds. The van der Waals surface area contributed by atoms with Crippen molar-refractivity contribution in [2.75, 3.05) is 12.8 Å². The van der Waals surface area contributed by atoms with Crippen molar-refractivity contribution in [1.29, 1.82) is 0 Å². The second kappa shape index (κ2) is 10.1. The molecule has 31 heavy (non-hydrogen) atoms. The number of imide groups is 1. The van der Waals surface area contributed by atoms with Gasteiger partial charge in [0.2, 0.25) is 0 Å². The van der Waals surface area contributed by atoms with Gasteiger partial charge in [-0.25, -0.2) is 19.5 Å². The SMILES string of the molecule is COC(=O)[C@H](Cc1cnc[nH]1)N(C(=O)OCc1ccccc1)C(=O)c1ccc(N)cc1. The highest BCUT2D eigenvalue weighted by atomic mass is 16.6. The second-order valence-corrected chi connectivity index (χ2v) is 6.66. The fourth-order valence-electron chi connectivity index (χ4n) is 2.93. The molecule has 0 fully saturated rings. The van der Waals surface area contributed by atoms with Crippen molar-refractivity contribution in [2.24, 2.45) is 0 Å². The van der Waals surface area contributed by atoms with E-state index in [0.29, 0.717) is 11.4 Å². The van der Waals surface area contributed by atoms with E-state index in [1.54, 1.807) is 24.3 Å². The van der Waals surface area contributed by atoms with Crippen molar-refractivity contribution in [2.45, 2.75) is 19.1 Å². The largest absolute Gasteiger partial charge is 0.467 e. The zero-order valence-electron chi connectivity index (χ0n) is 16.9. The van der Waals surface area contributed by atoms with Gasteiger partial charge in [0, 0.05) is 29.6 Å². The predicted octanol–water partition coefficient (Wildman–Crippen LogP) is 2.56. The van der Waals surface area contributed by atoms with E-state index >= 15 is 0 Å². The molecular weight excluding hydrogens is 400 g/mol. The van der Waals surface area contributed by atoms with Crippen LogP contribution in [0, 0.1) is 0 Å². The van der Waals surface area contributed by atoms with Gasteiger partial charge < -0.3 is 20.2 Å². The number of H-pyrrole nitrogens is 1. The van der Waals surface area contributed by atoms with Crippen molar-refractivity contribution >= 4 is 23.7 Å². The molecule has 0 aliphatic carbocycles. The van der Waals surface area contributed by atoms with Crippen molar-refractivity contribution in [3.63, 3.8) is 0 Å². The first-order valence-electron chi connectivity index (χ1n) is 9.44. The molecule has 3 aromatic rings. The lowest BCUT2D eigenvalue weighted by atomic mass is 10.1. The number of nitrogen functional groups attached to an aromatic ring is 1. The Morgan fingerprint density at radius 2 is 1.81 bits per heavy atom. The lowest BCUT2D eigenvalue weighted by molar-refractivity contribution is -0.145. The maximum absolute atomic E-state index is 13.2. The summed E-state index contributed by atoms with van der Waals surface area (Å²) in [6, 6.07) is 13.7. The Kier molecular flexibility index (Phi) is 7.00. The number of methoxy groups -OCH3 is 1. The lowest BCUT2D eigenvalue weighted by Crippen LogP contribution is -2.50. The summed E-state index contributed by atoms with van der Waals surface area (Å²) >= 11 is 0. The molecule has 0 spiro atoms. The first-order valence-corrected chi connectivity index (χ1v) is 9.44. The fourth-order valence-corrected chi connectivity index (χ4v) is 2.93. The molecule has 0 aliphatic heterocycles. The Balaban J connectivity index is 1.92. The van der Waals surface area contributed by atoms with Crippen LogP contribution in [0.4, 0.5) is 10.5 Å². The average molecular weight is 422 g/mol. The van der Waals surface area contributed by atoms with Crippen LogP contribution < -0.4 is 5.73 Å². The van der Waals surface area contributed by atoms with Crippen molar-refractivity contribution < 1.29 is 23.9 Å². The van der Waals surface area contributed by atoms with Gasteiger partial charge in [0.15, 0.2) is 0 Å². The number of amides is 2. The number of benzene rings is 2. The molecule has 1 atom stereocenters. The van der Waals surface area contributed by atoms with E-state index in [1.165, 1.54) is 43.9 Å². The summed E-state index contributed by atoms with van der Waals surface area (Å²) in [4.78, 5) is 46.4. The lowest BCUT2D eigenvalue weighted by Gasteiger charge is -2.27. The molecule has 1 heterocycles. The zero-order chi connectivity index (χ0) is 22.2. The van der Waals surface area contributed by atoms with Gasteiger partial charge in [-0.3, -0.25) is 4.79 Å². The number of anilines is 1. The summed E-state index contributed by atoms with van der Waals surface area (Å²) < 4.78 is 10.2. The minimum Gasteiger partial charge on any atom is -0.467 e. The third-order valence-corrected chi connectivity index (χ3v) is 4.53. The van der Waals surface area contributed by atoms with E-state index < -0.39 is 24.0 Å². The Hall–Kier alpha value is -4.14. The van der Waals surface area contributed by atoms with Gasteiger partial charge in [0.1, 0.15) is 12.6 Å². The minimum absolute atomic E-state index is 0.0200. The summed E-state index contributed by atoms with van der Waals surface area (Å²) in [6.45, 7) is -0.0663. The number of nitrogens with one attached hydrogen (secondary N) is 1. The van der Waals surface area contributed by atoms with Crippen LogP contribution in [0.5, 0.6) is 0 Å². The number of nitrogens with two attached hydrogens (primary N) is 1. The van der Waals surface area contributed by atoms with Crippen LogP contribution in [-0.4, -0.2) is 46.0 Å². The molecule has 3 rings (SSSR count). The molecule has 3 N–H and O–H groups in total. The van der Waals surface area contributed by atoms with Gasteiger partial charge in [-0.15, -0.1) is 0 Å². The number of esters is 1. The van der Waals surface area contributed by atoms with Gasteiger partial charge in [-0.1, -0.05) is 30.3 Å². The second-order valence-electron chi connectivity index (χ2n) is 6.66. The summed E-state index contributed by atoms with van der Waals surface area (Å²) in [5.41, 5.74) is 7.60. The number of carbonyl (C=O) groups excluding carboxylic acids is 3.